The van der Waals surface area contributed by atoms with Crippen LogP contribution in [0.4, 0.5) is 24.9 Å². The lowest BCUT2D eigenvalue weighted by molar-refractivity contribution is -0.0924. The number of pyridine rings is 1. The van der Waals surface area contributed by atoms with Gasteiger partial charge in [0.15, 0.2) is 11.5 Å². The van der Waals surface area contributed by atoms with E-state index >= 15 is 4.39 Å². The van der Waals surface area contributed by atoms with Crippen LogP contribution in [0.5, 0.6) is 0 Å². The molecule has 2 atom stereocenters. The predicted octanol–water partition coefficient (Wildman–Crippen LogP) is 2.00. The lowest BCUT2D eigenvalue weighted by Gasteiger charge is -2.46. The van der Waals surface area contributed by atoms with Crippen LogP contribution in [0.15, 0.2) is 24.4 Å². The van der Waals surface area contributed by atoms with Gasteiger partial charge in [0, 0.05) is 24.8 Å². The van der Waals surface area contributed by atoms with Gasteiger partial charge in [-0.1, -0.05) is 5.21 Å². The number of aromatic nitrogens is 7. The molecule has 6 heterocycles. The molecule has 0 radical (unpaired) electrons. The Morgan fingerprint density at radius 3 is 2.81 bits per heavy atom. The maximum atomic E-state index is 15.5. The van der Waals surface area contributed by atoms with Gasteiger partial charge in [0.1, 0.15) is 23.2 Å². The molecule has 0 spiro atoms. The Morgan fingerprint density at radius 1 is 1.25 bits per heavy atom. The van der Waals surface area contributed by atoms with E-state index in [4.69, 9.17) is 10.5 Å². The van der Waals surface area contributed by atoms with Gasteiger partial charge < -0.3 is 15.8 Å². The van der Waals surface area contributed by atoms with Crippen molar-refractivity contribution in [2.24, 2.45) is 0 Å². The van der Waals surface area contributed by atoms with E-state index < -0.39 is 24.7 Å². The van der Waals surface area contributed by atoms with Gasteiger partial charge >= 0.3 is 0 Å². The Kier molecular flexibility index (Phi) is 5.44. The number of nitrogens with one attached hydrogen (secondary N) is 1. The Hall–Kier alpha value is -3.52. The summed E-state index contributed by atoms with van der Waals surface area (Å²) in [5.74, 6) is 0.400. The quantitative estimate of drug-likeness (QED) is 0.407. The van der Waals surface area contributed by atoms with Crippen LogP contribution in [0.3, 0.4) is 0 Å². The minimum Gasteiger partial charge on any atom is -0.382 e. The van der Waals surface area contributed by atoms with E-state index in [9.17, 15) is 8.78 Å². The van der Waals surface area contributed by atoms with Gasteiger partial charge in [-0.25, -0.2) is 27.4 Å². The third-order valence-corrected chi connectivity index (χ3v) is 6.87. The molecule has 36 heavy (non-hydrogen) atoms. The fraction of sp³-hybridized carbons (Fsp3) is 0.500. The van der Waals surface area contributed by atoms with Crippen LogP contribution in [0.1, 0.15) is 13.3 Å². The molecular weight excluding hydrogens is 477 g/mol. The minimum atomic E-state index is -2.59. The minimum absolute atomic E-state index is 0.179. The van der Waals surface area contributed by atoms with Crippen LogP contribution in [-0.4, -0.2) is 90.0 Å². The highest BCUT2D eigenvalue weighted by Gasteiger charge is 2.43. The first-order valence-electron chi connectivity index (χ1n) is 11.7. The van der Waals surface area contributed by atoms with Crippen molar-refractivity contribution < 1.29 is 17.9 Å². The highest BCUT2D eigenvalue weighted by atomic mass is 19.3. The molecule has 0 aromatic carbocycles. The third kappa shape index (κ3) is 3.99. The molecule has 4 aromatic rings. The number of likely N-dealkylation sites (tertiary alicyclic amines) is 1. The van der Waals surface area contributed by atoms with E-state index in [1.54, 1.807) is 35.8 Å². The van der Waals surface area contributed by atoms with Gasteiger partial charge in [0.2, 0.25) is 5.95 Å². The van der Waals surface area contributed by atoms with E-state index in [1.807, 2.05) is 0 Å². The number of ether oxygens (including phenoxy) is 1. The van der Waals surface area contributed by atoms with Crippen molar-refractivity contribution in [1.29, 1.82) is 0 Å². The van der Waals surface area contributed by atoms with Gasteiger partial charge in [0.05, 0.1) is 31.0 Å². The smallest absolute Gasteiger partial charge is 0.258 e. The molecule has 0 amide bonds. The largest absolute Gasteiger partial charge is 0.382 e. The lowest BCUT2D eigenvalue weighted by Crippen LogP contribution is -2.61. The van der Waals surface area contributed by atoms with Crippen molar-refractivity contribution in [2.75, 3.05) is 37.4 Å². The van der Waals surface area contributed by atoms with Crippen molar-refractivity contribution in [2.45, 2.75) is 44.1 Å². The summed E-state index contributed by atoms with van der Waals surface area (Å²) in [7, 11) is 0. The second-order valence-electron chi connectivity index (χ2n) is 9.47. The van der Waals surface area contributed by atoms with E-state index in [0.29, 0.717) is 48.5 Å². The molecule has 11 nitrogen and oxygen atoms in total. The summed E-state index contributed by atoms with van der Waals surface area (Å²) in [5, 5.41) is 15.3. The van der Waals surface area contributed by atoms with Crippen molar-refractivity contribution in [3.63, 3.8) is 0 Å². The number of nitrogen functional groups attached to an aromatic ring is 1. The van der Waals surface area contributed by atoms with Gasteiger partial charge in [0.25, 0.3) is 6.43 Å². The van der Waals surface area contributed by atoms with Crippen LogP contribution in [-0.2, 0) is 11.3 Å². The number of fused-ring (bicyclic) bond motifs is 2. The molecule has 2 aliphatic heterocycles. The molecular formula is C22H25F3N10O. The lowest BCUT2D eigenvalue weighted by atomic mass is 9.89. The van der Waals surface area contributed by atoms with Crippen molar-refractivity contribution in [3.8, 4) is 11.3 Å². The van der Waals surface area contributed by atoms with Crippen molar-refractivity contribution in [3.05, 3.63) is 24.4 Å². The van der Waals surface area contributed by atoms with E-state index in [0.717, 1.165) is 11.2 Å². The molecule has 0 bridgehead atoms. The Balaban J connectivity index is 1.27. The molecule has 3 N–H and O–H groups in total. The summed E-state index contributed by atoms with van der Waals surface area (Å²) >= 11 is 0. The molecule has 4 aromatic heterocycles. The Morgan fingerprint density at radius 2 is 2.08 bits per heavy atom. The van der Waals surface area contributed by atoms with E-state index in [1.165, 1.54) is 0 Å². The molecule has 0 aliphatic carbocycles. The zero-order valence-corrected chi connectivity index (χ0v) is 19.5. The number of halogens is 3. The van der Waals surface area contributed by atoms with Crippen LogP contribution in [0.2, 0.25) is 0 Å². The van der Waals surface area contributed by atoms with Crippen LogP contribution in [0.25, 0.3) is 27.9 Å². The zero-order chi connectivity index (χ0) is 25.0. The molecule has 0 saturated carbocycles. The highest BCUT2D eigenvalue weighted by molar-refractivity contribution is 5.88. The van der Waals surface area contributed by atoms with Crippen LogP contribution >= 0.6 is 0 Å². The van der Waals surface area contributed by atoms with Gasteiger partial charge in [-0.05, 0) is 31.5 Å². The summed E-state index contributed by atoms with van der Waals surface area (Å²) in [4.78, 5) is 11.0. The van der Waals surface area contributed by atoms with E-state index in [2.05, 4.69) is 35.6 Å². The highest BCUT2D eigenvalue weighted by Crippen LogP contribution is 2.32. The molecule has 2 saturated heterocycles. The average molecular weight is 503 g/mol. The monoisotopic (exact) mass is 502 g/mol. The average Bonchev–Trinajstić information content (AvgIpc) is 3.38. The molecule has 2 fully saturated rings. The number of anilines is 2. The summed E-state index contributed by atoms with van der Waals surface area (Å²) in [5.41, 5.74) is 7.08. The number of hydrogen-bond donors (Lipinski definition) is 2. The Bertz CT molecular complexity index is 1420. The Labute approximate surface area is 203 Å². The van der Waals surface area contributed by atoms with E-state index in [-0.39, 0.29) is 23.5 Å². The maximum Gasteiger partial charge on any atom is 0.258 e. The molecule has 6 rings (SSSR count). The summed E-state index contributed by atoms with van der Waals surface area (Å²) in [6, 6.07) is 4.93. The second-order valence-corrected chi connectivity index (χ2v) is 9.47. The van der Waals surface area contributed by atoms with Gasteiger partial charge in [-0.3, -0.25) is 4.90 Å². The first-order chi connectivity index (χ1) is 17.3. The first kappa shape index (κ1) is 22.9. The van der Waals surface area contributed by atoms with Gasteiger partial charge in [-0.15, -0.1) is 10.2 Å². The fourth-order valence-corrected chi connectivity index (χ4v) is 4.88. The number of alkyl halides is 3. The SMILES string of the molecule is CC1(F)CN(C2COC2)CCC1Nc1nc(N)c2c(-c3ccc4nnn(CC(F)F)c4n3)ccn2n1. The number of nitrogens with zero attached hydrogens (tertiary/aromatic N) is 8. The second kappa shape index (κ2) is 8.55. The number of hydrogen-bond acceptors (Lipinski definition) is 9. The fourth-order valence-electron chi connectivity index (χ4n) is 4.88. The standard InChI is InChI=1S/C22H25F3N10O/c1-22(25)11-33(12-9-36-10-12)6-5-16(22)28-21-29-19(26)18-13(4-7-34(18)31-21)14-2-3-15-20(27-14)35(32-30-15)8-17(23)24/h2-4,7,12,16-17H,5-6,8-11H2,1H3,(H3,26,28,29,31). The molecule has 2 unspecified atom stereocenters. The van der Waals surface area contributed by atoms with Crippen LogP contribution < -0.4 is 11.1 Å². The third-order valence-electron chi connectivity index (χ3n) is 6.87. The predicted molar refractivity (Wildman–Crippen MR) is 125 cm³/mol. The topological polar surface area (TPSA) is 124 Å². The number of rotatable bonds is 6. The molecule has 190 valence electrons. The first-order valence-corrected chi connectivity index (χ1v) is 11.7. The van der Waals surface area contributed by atoms with Crippen molar-refractivity contribution in [1.82, 2.24) is 39.5 Å². The zero-order valence-electron chi connectivity index (χ0n) is 19.5. The molecule has 14 heteroatoms. The number of nitrogens with two attached hydrogens (primary N) is 1. The molecule has 2 aliphatic rings. The normalized spacial score (nSPS) is 23.5. The van der Waals surface area contributed by atoms with Crippen LogP contribution in [0, 0.1) is 0 Å². The van der Waals surface area contributed by atoms with Gasteiger partial charge in [-0.2, -0.15) is 4.98 Å². The summed E-state index contributed by atoms with van der Waals surface area (Å²) in [6.45, 7) is 3.32. The number of piperidine rings is 1. The summed E-state index contributed by atoms with van der Waals surface area (Å²) in [6.07, 6.45) is -0.301. The summed E-state index contributed by atoms with van der Waals surface area (Å²) < 4.78 is 49.2. The maximum absolute atomic E-state index is 15.5. The van der Waals surface area contributed by atoms with Crippen molar-refractivity contribution >= 4 is 28.4 Å².